The number of likely N-dealkylation sites (tertiary alicyclic amines) is 1. The summed E-state index contributed by atoms with van der Waals surface area (Å²) in [5.41, 5.74) is -0.232. The molecule has 2 aromatic rings. The molecule has 0 radical (unpaired) electrons. The van der Waals surface area contributed by atoms with Crippen LogP contribution in [0.1, 0.15) is 42.9 Å². The number of alkyl halides is 2. The maximum atomic E-state index is 15.5. The molecule has 2 unspecified atom stereocenters. The van der Waals surface area contributed by atoms with E-state index in [4.69, 9.17) is 14.6 Å². The first-order valence-corrected chi connectivity index (χ1v) is 14.4. The number of fused-ring (bicyclic) bond motifs is 1. The van der Waals surface area contributed by atoms with Gasteiger partial charge in [0.15, 0.2) is 10.8 Å². The number of halogens is 3. The predicted molar refractivity (Wildman–Crippen MR) is 147 cm³/mol. The lowest BCUT2D eigenvalue weighted by Crippen LogP contribution is -2.49. The van der Waals surface area contributed by atoms with Gasteiger partial charge in [0.2, 0.25) is 0 Å². The van der Waals surface area contributed by atoms with Crippen LogP contribution in [0.2, 0.25) is 0 Å². The molecule has 3 aliphatic rings. The second kappa shape index (κ2) is 11.4. The summed E-state index contributed by atoms with van der Waals surface area (Å²) < 4.78 is 51.1. The van der Waals surface area contributed by atoms with Crippen LogP contribution in [0.15, 0.2) is 46.0 Å². The fourth-order valence-corrected chi connectivity index (χ4v) is 6.14. The molecule has 1 aromatic carbocycles. The number of carbonyl (C=O) groups excluding carboxylic acids is 1. The molecule has 4 heterocycles. The molecule has 0 spiro atoms. The molecule has 0 saturated carbocycles. The Hall–Kier alpha value is -3.33. The van der Waals surface area contributed by atoms with Crippen LogP contribution >= 0.6 is 11.3 Å². The summed E-state index contributed by atoms with van der Waals surface area (Å²) in [6.07, 6.45) is 1.59. The number of ether oxygens (including phenoxy) is 1. The van der Waals surface area contributed by atoms with Gasteiger partial charge in [-0.2, -0.15) is 5.06 Å². The number of hydrogen-bond donors (Lipinski definition) is 2. The first-order chi connectivity index (χ1) is 19.8. The maximum Gasteiger partial charge on any atom is 0.338 e. The number of aliphatic imine (C=N–C) groups is 1. The number of hydroxylamine groups is 2. The zero-order chi connectivity index (χ0) is 30.4. The van der Waals surface area contributed by atoms with Crippen molar-refractivity contribution in [1.29, 1.82) is 0 Å². The molecular weight excluding hydrogens is 575 g/mol. The third-order valence-electron chi connectivity index (χ3n) is 7.75. The van der Waals surface area contributed by atoms with Gasteiger partial charge < -0.3 is 15.2 Å². The van der Waals surface area contributed by atoms with Gasteiger partial charge in [-0.15, -0.1) is 11.3 Å². The number of carbonyl (C=O) groups is 2. The maximum absolute atomic E-state index is 15.5. The Balaban J connectivity index is 1.55. The molecule has 2 saturated heterocycles. The van der Waals surface area contributed by atoms with Crippen molar-refractivity contribution >= 4 is 29.1 Å². The summed E-state index contributed by atoms with van der Waals surface area (Å²) in [5.74, 6) is -5.23. The Labute approximate surface area is 244 Å². The van der Waals surface area contributed by atoms with Gasteiger partial charge in [0, 0.05) is 30.4 Å². The lowest BCUT2D eigenvalue weighted by atomic mass is 9.92. The van der Waals surface area contributed by atoms with Crippen molar-refractivity contribution in [3.63, 3.8) is 0 Å². The summed E-state index contributed by atoms with van der Waals surface area (Å²) in [4.78, 5) is 41.3. The molecule has 1 aromatic heterocycles. The van der Waals surface area contributed by atoms with E-state index in [1.54, 1.807) is 31.5 Å². The Morgan fingerprint density at radius 2 is 2.10 bits per heavy atom. The molecule has 3 atom stereocenters. The summed E-state index contributed by atoms with van der Waals surface area (Å²) >= 11 is 1.30. The highest BCUT2D eigenvalue weighted by Gasteiger charge is 2.61. The fraction of sp³-hybridized carbons (Fsp3) is 0.500. The van der Waals surface area contributed by atoms with Crippen molar-refractivity contribution in [2.45, 2.75) is 51.7 Å². The number of hydrogen-bond acceptors (Lipinski definition) is 10. The SMILES string of the molecule is CCOC(=O)C1=C(CN2CC(F)(F)C3C2CON3CC(C)(C)C(=O)O)NC(c2nccs2)=N[C@H]1c1cccc(F)c1C. The lowest BCUT2D eigenvalue weighted by molar-refractivity contribution is -0.199. The monoisotopic (exact) mass is 607 g/mol. The van der Waals surface area contributed by atoms with E-state index in [9.17, 15) is 19.1 Å². The number of nitrogens with one attached hydrogen (secondary N) is 1. The number of aliphatic carboxylic acids is 1. The van der Waals surface area contributed by atoms with Crippen LogP contribution in [-0.2, 0) is 19.2 Å². The number of carboxylic acids is 1. The lowest BCUT2D eigenvalue weighted by Gasteiger charge is -2.31. The molecule has 0 amide bonds. The molecule has 226 valence electrons. The first-order valence-electron chi connectivity index (χ1n) is 13.5. The van der Waals surface area contributed by atoms with E-state index in [0.717, 1.165) is 5.06 Å². The van der Waals surface area contributed by atoms with Gasteiger partial charge in [0.1, 0.15) is 17.9 Å². The number of aromatic nitrogens is 1. The van der Waals surface area contributed by atoms with E-state index in [1.165, 1.54) is 42.2 Å². The quantitative estimate of drug-likeness (QED) is 0.413. The molecule has 10 nitrogen and oxygen atoms in total. The zero-order valence-electron chi connectivity index (χ0n) is 23.6. The highest BCUT2D eigenvalue weighted by molar-refractivity contribution is 7.11. The van der Waals surface area contributed by atoms with Gasteiger partial charge in [-0.3, -0.25) is 19.5 Å². The summed E-state index contributed by atoms with van der Waals surface area (Å²) in [5, 5.41) is 16.0. The van der Waals surface area contributed by atoms with Crippen LogP contribution in [-0.4, -0.2) is 88.7 Å². The number of esters is 1. The van der Waals surface area contributed by atoms with E-state index < -0.39 is 53.8 Å². The Morgan fingerprint density at radius 1 is 1.33 bits per heavy atom. The van der Waals surface area contributed by atoms with Crippen LogP contribution in [0.3, 0.4) is 0 Å². The van der Waals surface area contributed by atoms with E-state index in [0.29, 0.717) is 22.0 Å². The average molecular weight is 608 g/mol. The molecule has 0 bridgehead atoms. The van der Waals surface area contributed by atoms with Crippen molar-refractivity contribution in [1.82, 2.24) is 20.3 Å². The normalized spacial score (nSPS) is 24.4. The van der Waals surface area contributed by atoms with Crippen LogP contribution in [0, 0.1) is 18.2 Å². The molecule has 0 aliphatic carbocycles. The highest BCUT2D eigenvalue weighted by atomic mass is 32.1. The van der Waals surface area contributed by atoms with Gasteiger partial charge in [0.25, 0.3) is 5.92 Å². The second-order valence-electron chi connectivity index (χ2n) is 11.1. The third kappa shape index (κ3) is 5.55. The number of benzene rings is 1. The minimum Gasteiger partial charge on any atom is -0.481 e. The standard InChI is InChI=1S/C28H32F3N5O5S/c1-5-40-25(37)20-18(11-35-14-28(30,31)22-19(35)12-41-36(22)13-27(3,4)26(38)39)33-23(24-32-9-10-42-24)34-21(20)16-7-6-8-17(29)15(16)2/h6-10,19,21-22H,5,11-14H2,1-4H3,(H,33,34)(H,38,39)/t19?,21-,22?/m0/s1. The van der Waals surface area contributed by atoms with Crippen LogP contribution < -0.4 is 5.32 Å². The summed E-state index contributed by atoms with van der Waals surface area (Å²) in [6.45, 7) is 5.10. The summed E-state index contributed by atoms with van der Waals surface area (Å²) in [7, 11) is 0. The van der Waals surface area contributed by atoms with E-state index in [-0.39, 0.29) is 37.6 Å². The largest absolute Gasteiger partial charge is 0.481 e. The zero-order valence-corrected chi connectivity index (χ0v) is 24.4. The molecule has 14 heteroatoms. The minimum atomic E-state index is -3.24. The predicted octanol–water partition coefficient (Wildman–Crippen LogP) is 3.55. The topological polar surface area (TPSA) is 117 Å². The smallest absolute Gasteiger partial charge is 0.338 e. The molecule has 3 aliphatic heterocycles. The molecule has 2 N–H and O–H groups in total. The van der Waals surface area contributed by atoms with Gasteiger partial charge in [-0.05, 0) is 44.9 Å². The van der Waals surface area contributed by atoms with Gasteiger partial charge in [-0.1, -0.05) is 12.1 Å². The van der Waals surface area contributed by atoms with E-state index in [2.05, 4.69) is 10.3 Å². The van der Waals surface area contributed by atoms with Crippen LogP contribution in [0.5, 0.6) is 0 Å². The van der Waals surface area contributed by atoms with Gasteiger partial charge >= 0.3 is 11.9 Å². The van der Waals surface area contributed by atoms with E-state index in [1.807, 2.05) is 0 Å². The number of amidine groups is 1. The first kappa shape index (κ1) is 30.1. The molecule has 2 fully saturated rings. The second-order valence-corrected chi connectivity index (χ2v) is 12.0. The van der Waals surface area contributed by atoms with Crippen molar-refractivity contribution in [3.05, 3.63) is 63.0 Å². The Kier molecular flexibility index (Phi) is 8.18. The molecule has 5 rings (SSSR count). The average Bonchev–Trinajstić information content (AvgIpc) is 3.65. The number of nitrogens with zero attached hydrogens (tertiary/aromatic N) is 4. The molecule has 42 heavy (non-hydrogen) atoms. The van der Waals surface area contributed by atoms with Crippen molar-refractivity contribution in [2.24, 2.45) is 10.4 Å². The summed E-state index contributed by atoms with van der Waals surface area (Å²) in [6, 6.07) is 1.33. The van der Waals surface area contributed by atoms with Crippen molar-refractivity contribution in [3.8, 4) is 0 Å². The Morgan fingerprint density at radius 3 is 2.76 bits per heavy atom. The number of thiazole rings is 1. The van der Waals surface area contributed by atoms with Crippen LogP contribution in [0.4, 0.5) is 13.2 Å². The Bertz CT molecular complexity index is 1430. The number of carboxylic acid groups (broad SMARTS) is 1. The van der Waals surface area contributed by atoms with Crippen molar-refractivity contribution < 1.29 is 37.4 Å². The molecular formula is C28H32F3N5O5S. The fourth-order valence-electron chi connectivity index (χ4n) is 5.56. The number of rotatable bonds is 9. The van der Waals surface area contributed by atoms with E-state index >= 15 is 8.78 Å². The van der Waals surface area contributed by atoms with Gasteiger partial charge in [-0.25, -0.2) is 22.9 Å². The van der Waals surface area contributed by atoms with Crippen LogP contribution in [0.25, 0.3) is 0 Å². The third-order valence-corrected chi connectivity index (χ3v) is 8.53. The minimum absolute atomic E-state index is 0.0577. The van der Waals surface area contributed by atoms with Gasteiger partial charge in [0.05, 0.1) is 36.8 Å². The highest BCUT2D eigenvalue weighted by Crippen LogP contribution is 2.43. The van der Waals surface area contributed by atoms with Crippen molar-refractivity contribution in [2.75, 3.05) is 32.8 Å².